The molecule has 2 rings (SSSR count). The Hall–Kier alpha value is -1.11. The fourth-order valence-electron chi connectivity index (χ4n) is 2.10. The second-order valence-electron chi connectivity index (χ2n) is 4.54. The largest absolute Gasteiger partial charge is 0.383 e. The van der Waals surface area contributed by atoms with Gasteiger partial charge in [0, 0.05) is 31.1 Å². The SMILES string of the molecule is COCCNC(=O)CCn1c(CCl)nc2cc(Br)ccc21. The van der Waals surface area contributed by atoms with Crippen LogP contribution in [0.2, 0.25) is 0 Å². The summed E-state index contributed by atoms with van der Waals surface area (Å²) in [6, 6.07) is 5.88. The lowest BCUT2D eigenvalue weighted by Crippen LogP contribution is -2.27. The third-order valence-corrected chi connectivity index (χ3v) is 3.83. The minimum Gasteiger partial charge on any atom is -0.383 e. The number of nitrogens with zero attached hydrogens (tertiary/aromatic N) is 2. The maximum Gasteiger partial charge on any atom is 0.221 e. The Morgan fingerprint density at radius 2 is 2.33 bits per heavy atom. The van der Waals surface area contributed by atoms with Crippen molar-refractivity contribution in [2.45, 2.75) is 18.8 Å². The molecule has 0 aliphatic heterocycles. The highest BCUT2D eigenvalue weighted by atomic mass is 79.9. The molecule has 2 aromatic rings. The molecule has 0 fully saturated rings. The minimum atomic E-state index is -0.00784. The lowest BCUT2D eigenvalue weighted by molar-refractivity contribution is -0.121. The molecule has 0 aliphatic rings. The van der Waals surface area contributed by atoms with E-state index < -0.39 is 0 Å². The van der Waals surface area contributed by atoms with E-state index in [2.05, 4.69) is 26.2 Å². The van der Waals surface area contributed by atoms with Gasteiger partial charge in [0.25, 0.3) is 0 Å². The van der Waals surface area contributed by atoms with Gasteiger partial charge in [0.15, 0.2) is 0 Å². The Balaban J connectivity index is 2.08. The van der Waals surface area contributed by atoms with Crippen LogP contribution in [-0.2, 0) is 22.0 Å². The van der Waals surface area contributed by atoms with Gasteiger partial charge in [-0.3, -0.25) is 4.79 Å². The summed E-state index contributed by atoms with van der Waals surface area (Å²) >= 11 is 9.38. The zero-order valence-corrected chi connectivity index (χ0v) is 14.1. The van der Waals surface area contributed by atoms with Crippen molar-refractivity contribution in [2.24, 2.45) is 0 Å². The molecule has 114 valence electrons. The third kappa shape index (κ3) is 4.18. The Morgan fingerprint density at radius 1 is 1.52 bits per heavy atom. The molecular weight excluding hydrogens is 358 g/mol. The van der Waals surface area contributed by atoms with Gasteiger partial charge in [-0.1, -0.05) is 15.9 Å². The number of hydrogen-bond donors (Lipinski definition) is 1. The highest BCUT2D eigenvalue weighted by Gasteiger charge is 2.11. The monoisotopic (exact) mass is 373 g/mol. The standard InChI is InChI=1S/C14H17BrClN3O2/c1-21-7-5-17-14(20)4-6-19-12-3-2-10(15)8-11(12)18-13(19)9-16/h2-3,8H,4-7,9H2,1H3,(H,17,20). The predicted octanol–water partition coefficient (Wildman–Crippen LogP) is 2.69. The van der Waals surface area contributed by atoms with E-state index in [4.69, 9.17) is 16.3 Å². The van der Waals surface area contributed by atoms with E-state index in [1.807, 2.05) is 22.8 Å². The number of carbonyl (C=O) groups excluding carboxylic acids is 1. The summed E-state index contributed by atoms with van der Waals surface area (Å²) in [6.45, 7) is 1.59. The van der Waals surface area contributed by atoms with Gasteiger partial charge in [0.05, 0.1) is 23.5 Å². The molecule has 1 aromatic carbocycles. The number of nitrogens with one attached hydrogen (secondary N) is 1. The first-order valence-corrected chi connectivity index (χ1v) is 7.94. The van der Waals surface area contributed by atoms with Gasteiger partial charge in [-0.05, 0) is 18.2 Å². The second-order valence-corrected chi connectivity index (χ2v) is 5.72. The van der Waals surface area contributed by atoms with E-state index in [1.54, 1.807) is 7.11 Å². The summed E-state index contributed by atoms with van der Waals surface area (Å²) in [7, 11) is 1.61. The normalized spacial score (nSPS) is 11.0. The first-order valence-electron chi connectivity index (χ1n) is 6.62. The fourth-order valence-corrected chi connectivity index (χ4v) is 2.65. The number of rotatable bonds is 7. The topological polar surface area (TPSA) is 56.1 Å². The van der Waals surface area contributed by atoms with Gasteiger partial charge in [-0.15, -0.1) is 11.6 Å². The number of hydrogen-bond acceptors (Lipinski definition) is 3. The van der Waals surface area contributed by atoms with Crippen molar-refractivity contribution in [3.63, 3.8) is 0 Å². The van der Waals surface area contributed by atoms with Gasteiger partial charge >= 0.3 is 0 Å². The summed E-state index contributed by atoms with van der Waals surface area (Å²) in [5, 5.41) is 2.80. The highest BCUT2D eigenvalue weighted by molar-refractivity contribution is 9.10. The molecule has 0 saturated heterocycles. The van der Waals surface area contributed by atoms with Crippen molar-refractivity contribution in [3.8, 4) is 0 Å². The quantitative estimate of drug-likeness (QED) is 0.599. The maximum absolute atomic E-state index is 11.8. The van der Waals surface area contributed by atoms with Crippen molar-refractivity contribution in [3.05, 3.63) is 28.5 Å². The van der Waals surface area contributed by atoms with Crippen LogP contribution in [0.3, 0.4) is 0 Å². The zero-order chi connectivity index (χ0) is 15.2. The van der Waals surface area contributed by atoms with E-state index in [9.17, 15) is 4.79 Å². The maximum atomic E-state index is 11.8. The molecule has 1 N–H and O–H groups in total. The van der Waals surface area contributed by atoms with Crippen LogP contribution in [-0.4, -0.2) is 35.7 Å². The third-order valence-electron chi connectivity index (χ3n) is 3.10. The first-order chi connectivity index (χ1) is 10.2. The number of ether oxygens (including phenoxy) is 1. The van der Waals surface area contributed by atoms with E-state index in [0.717, 1.165) is 21.3 Å². The molecule has 1 amide bonds. The summed E-state index contributed by atoms with van der Waals surface area (Å²) in [5.41, 5.74) is 1.86. The van der Waals surface area contributed by atoms with E-state index >= 15 is 0 Å². The summed E-state index contributed by atoms with van der Waals surface area (Å²) in [6.07, 6.45) is 0.384. The number of alkyl halides is 1. The van der Waals surface area contributed by atoms with Crippen molar-refractivity contribution >= 4 is 44.5 Å². The second kappa shape index (κ2) is 7.77. The molecule has 0 aliphatic carbocycles. The molecule has 0 atom stereocenters. The van der Waals surface area contributed by atoms with Crippen LogP contribution in [0.25, 0.3) is 11.0 Å². The fraction of sp³-hybridized carbons (Fsp3) is 0.429. The average molecular weight is 375 g/mol. The summed E-state index contributed by atoms with van der Waals surface area (Å²) in [4.78, 5) is 16.3. The Labute approximate surface area is 136 Å². The predicted molar refractivity (Wildman–Crippen MR) is 86.5 cm³/mol. The molecule has 1 heterocycles. The zero-order valence-electron chi connectivity index (χ0n) is 11.7. The number of methoxy groups -OCH3 is 1. The molecule has 5 nitrogen and oxygen atoms in total. The Bertz CT molecular complexity index is 630. The van der Waals surface area contributed by atoms with E-state index in [-0.39, 0.29) is 5.91 Å². The minimum absolute atomic E-state index is 0.00784. The Kier molecular flexibility index (Phi) is 6.02. The van der Waals surface area contributed by atoms with E-state index in [0.29, 0.717) is 32.0 Å². The van der Waals surface area contributed by atoms with Gasteiger partial charge in [0.1, 0.15) is 5.82 Å². The van der Waals surface area contributed by atoms with Crippen LogP contribution in [0, 0.1) is 0 Å². The van der Waals surface area contributed by atoms with Crippen molar-refractivity contribution in [1.82, 2.24) is 14.9 Å². The van der Waals surface area contributed by atoms with Gasteiger partial charge in [-0.2, -0.15) is 0 Å². The lowest BCUT2D eigenvalue weighted by Gasteiger charge is -2.08. The van der Waals surface area contributed by atoms with Crippen molar-refractivity contribution < 1.29 is 9.53 Å². The van der Waals surface area contributed by atoms with Gasteiger partial charge in [-0.25, -0.2) is 4.98 Å². The summed E-state index contributed by atoms with van der Waals surface area (Å²) < 4.78 is 7.86. The molecule has 0 saturated carbocycles. The number of carbonyl (C=O) groups is 1. The Morgan fingerprint density at radius 3 is 3.05 bits per heavy atom. The number of aryl methyl sites for hydroxylation is 1. The van der Waals surface area contributed by atoms with Crippen LogP contribution in [0.15, 0.2) is 22.7 Å². The number of halogens is 2. The van der Waals surface area contributed by atoms with E-state index in [1.165, 1.54) is 0 Å². The lowest BCUT2D eigenvalue weighted by atomic mass is 10.3. The molecular formula is C14H17BrClN3O2. The number of benzene rings is 1. The van der Waals surface area contributed by atoms with Gasteiger partial charge in [0.2, 0.25) is 5.91 Å². The molecule has 1 aromatic heterocycles. The van der Waals surface area contributed by atoms with Crippen molar-refractivity contribution in [1.29, 1.82) is 0 Å². The van der Waals surface area contributed by atoms with Crippen LogP contribution < -0.4 is 5.32 Å². The molecule has 21 heavy (non-hydrogen) atoms. The van der Waals surface area contributed by atoms with Crippen LogP contribution in [0.1, 0.15) is 12.2 Å². The average Bonchev–Trinajstić information content (AvgIpc) is 2.82. The number of fused-ring (bicyclic) bond motifs is 1. The molecule has 0 unspecified atom stereocenters. The molecule has 0 bridgehead atoms. The first kappa shape index (κ1) is 16.3. The number of imidazole rings is 1. The molecule has 7 heteroatoms. The number of aromatic nitrogens is 2. The summed E-state index contributed by atoms with van der Waals surface area (Å²) in [5.74, 6) is 1.08. The van der Waals surface area contributed by atoms with Gasteiger partial charge < -0.3 is 14.6 Å². The molecule has 0 radical (unpaired) electrons. The van der Waals surface area contributed by atoms with Crippen LogP contribution in [0.4, 0.5) is 0 Å². The van der Waals surface area contributed by atoms with Crippen molar-refractivity contribution in [2.75, 3.05) is 20.3 Å². The van der Waals surface area contributed by atoms with Crippen LogP contribution >= 0.6 is 27.5 Å². The molecule has 0 spiro atoms. The smallest absolute Gasteiger partial charge is 0.221 e. The number of amides is 1. The highest BCUT2D eigenvalue weighted by Crippen LogP contribution is 2.22. The van der Waals surface area contributed by atoms with Crippen LogP contribution in [0.5, 0.6) is 0 Å².